The normalized spacial score (nSPS) is 25.7. The molecule has 3 aliphatic rings. The van der Waals surface area contributed by atoms with Gasteiger partial charge in [-0.3, -0.25) is 0 Å². The highest BCUT2D eigenvalue weighted by atomic mass is 35.5. The third kappa shape index (κ3) is 4.96. The third-order valence-electron chi connectivity index (χ3n) is 8.01. The molecule has 3 atom stereocenters. The zero-order chi connectivity index (χ0) is 27.1. The summed E-state index contributed by atoms with van der Waals surface area (Å²) in [7, 11) is -7.81. The Morgan fingerprint density at radius 2 is 1.71 bits per heavy atom. The molecule has 1 saturated carbocycles. The fraction of sp³-hybridized carbons (Fsp3) is 0.538. The Morgan fingerprint density at radius 1 is 1.00 bits per heavy atom. The van der Waals surface area contributed by atoms with Crippen molar-refractivity contribution in [2.75, 3.05) is 31.3 Å². The van der Waals surface area contributed by atoms with Gasteiger partial charge in [-0.1, -0.05) is 18.0 Å². The molecule has 2 aliphatic heterocycles. The van der Waals surface area contributed by atoms with Gasteiger partial charge in [-0.2, -0.15) is 0 Å². The van der Waals surface area contributed by atoms with E-state index in [4.69, 9.17) is 21.1 Å². The summed E-state index contributed by atoms with van der Waals surface area (Å²) in [6.07, 6.45) is 2.22. The molecule has 2 aromatic rings. The minimum atomic E-state index is -4.34. The lowest BCUT2D eigenvalue weighted by Crippen LogP contribution is -2.57. The van der Waals surface area contributed by atoms with Crippen molar-refractivity contribution < 1.29 is 35.1 Å². The predicted octanol–water partition coefficient (Wildman–Crippen LogP) is 4.03. The monoisotopic (exact) mass is 589 g/mol. The molecule has 12 heteroatoms. The molecule has 0 spiro atoms. The molecule has 2 aromatic carbocycles. The minimum absolute atomic E-state index is 0.00391. The summed E-state index contributed by atoms with van der Waals surface area (Å²) < 4.78 is 94.0. The summed E-state index contributed by atoms with van der Waals surface area (Å²) in [4.78, 5) is -0.0984. The molecular formula is C26H30ClF2NO6S2. The van der Waals surface area contributed by atoms with Crippen LogP contribution in [0.5, 0.6) is 5.75 Å². The van der Waals surface area contributed by atoms with Gasteiger partial charge >= 0.3 is 0 Å². The predicted molar refractivity (Wildman–Crippen MR) is 139 cm³/mol. The van der Waals surface area contributed by atoms with Crippen LogP contribution >= 0.6 is 11.6 Å². The van der Waals surface area contributed by atoms with Crippen LogP contribution in [0.25, 0.3) is 0 Å². The van der Waals surface area contributed by atoms with Crippen molar-refractivity contribution >= 4 is 31.3 Å². The molecule has 7 nitrogen and oxygen atoms in total. The second-order valence-corrected chi connectivity index (χ2v) is 15.1. The Bertz CT molecular complexity index is 1400. The first-order chi connectivity index (χ1) is 18.0. The molecular weight excluding hydrogens is 560 g/mol. The standard InChI is InChI=1S/C26H30ClF2NO6S2/c27-17-4-6-19(7-5-17)38(33,34)26-11-13-35-23(10-14-37(31,32)15-12-30-18-2-1-3-18)20(26)16-36-25-22(29)9-8-21(28)24(25)26/h4-9,18,20,23,30H,1-3,10-16H2/t20-,23-,26-/m0/s1. The molecule has 38 heavy (non-hydrogen) atoms. The fourth-order valence-corrected chi connectivity index (χ4v) is 9.46. The first-order valence-electron chi connectivity index (χ1n) is 12.7. The van der Waals surface area contributed by atoms with Crippen LogP contribution < -0.4 is 10.1 Å². The van der Waals surface area contributed by atoms with Crippen molar-refractivity contribution in [3.63, 3.8) is 0 Å². The van der Waals surface area contributed by atoms with E-state index < -0.39 is 53.8 Å². The van der Waals surface area contributed by atoms with Crippen molar-refractivity contribution in [3.8, 4) is 5.75 Å². The van der Waals surface area contributed by atoms with Gasteiger partial charge in [0.25, 0.3) is 0 Å². The molecule has 2 fully saturated rings. The number of benzene rings is 2. The van der Waals surface area contributed by atoms with Crippen LogP contribution in [0.2, 0.25) is 5.02 Å². The maximum atomic E-state index is 15.4. The van der Waals surface area contributed by atoms with Gasteiger partial charge < -0.3 is 14.8 Å². The van der Waals surface area contributed by atoms with Crippen LogP contribution in [-0.2, 0) is 29.2 Å². The van der Waals surface area contributed by atoms with Crippen LogP contribution in [-0.4, -0.2) is 60.2 Å². The SMILES string of the molecule is O=S(=O)(CCNC1CCC1)CC[C@@H]1OCC[C@@]2(S(=O)(=O)c3ccc(Cl)cc3)c3c(F)ccc(F)c3OC[C@@H]12. The van der Waals surface area contributed by atoms with E-state index in [1.807, 2.05) is 0 Å². The number of ether oxygens (including phenoxy) is 2. The number of fused-ring (bicyclic) bond motifs is 3. The highest BCUT2D eigenvalue weighted by Gasteiger charge is 2.61. The van der Waals surface area contributed by atoms with Crippen LogP contribution in [0.4, 0.5) is 8.78 Å². The second-order valence-electron chi connectivity index (χ2n) is 10.2. The molecule has 0 bridgehead atoms. The van der Waals surface area contributed by atoms with E-state index in [1.165, 1.54) is 24.3 Å². The van der Waals surface area contributed by atoms with Crippen molar-refractivity contribution in [3.05, 3.63) is 58.6 Å². The zero-order valence-electron chi connectivity index (χ0n) is 20.7. The summed E-state index contributed by atoms with van der Waals surface area (Å²) >= 11 is 5.98. The topological polar surface area (TPSA) is 98.8 Å². The summed E-state index contributed by atoms with van der Waals surface area (Å²) in [5, 5.41) is 3.56. The lowest BCUT2D eigenvalue weighted by Gasteiger charge is -2.50. The van der Waals surface area contributed by atoms with E-state index in [2.05, 4.69) is 5.32 Å². The molecule has 0 aromatic heterocycles. The summed E-state index contributed by atoms with van der Waals surface area (Å²) in [6, 6.07) is 7.66. The molecule has 1 saturated heterocycles. The first-order valence-corrected chi connectivity index (χ1v) is 16.4. The molecule has 208 valence electrons. The first kappa shape index (κ1) is 27.8. The van der Waals surface area contributed by atoms with Crippen LogP contribution in [0.1, 0.15) is 37.7 Å². The second kappa shape index (κ2) is 10.6. The summed E-state index contributed by atoms with van der Waals surface area (Å²) in [5.74, 6) is -3.45. The van der Waals surface area contributed by atoms with E-state index in [1.54, 1.807) is 0 Å². The van der Waals surface area contributed by atoms with Crippen molar-refractivity contribution in [1.82, 2.24) is 5.32 Å². The number of hydrogen-bond donors (Lipinski definition) is 1. The largest absolute Gasteiger partial charge is 0.490 e. The van der Waals surface area contributed by atoms with Crippen LogP contribution in [0, 0.1) is 17.6 Å². The van der Waals surface area contributed by atoms with Gasteiger partial charge in [-0.15, -0.1) is 0 Å². The Morgan fingerprint density at radius 3 is 2.39 bits per heavy atom. The van der Waals surface area contributed by atoms with Crippen molar-refractivity contribution in [1.29, 1.82) is 0 Å². The van der Waals surface area contributed by atoms with Crippen molar-refractivity contribution in [2.45, 2.75) is 53.9 Å². The Balaban J connectivity index is 1.48. The van der Waals surface area contributed by atoms with Gasteiger partial charge in [-0.05, 0) is 62.1 Å². The fourth-order valence-electron chi connectivity index (χ4n) is 5.76. The van der Waals surface area contributed by atoms with E-state index in [9.17, 15) is 21.2 Å². The van der Waals surface area contributed by atoms with Gasteiger partial charge in [0.05, 0.1) is 34.7 Å². The highest BCUT2D eigenvalue weighted by Crippen LogP contribution is 2.55. The van der Waals surface area contributed by atoms with Gasteiger partial charge in [0.15, 0.2) is 31.2 Å². The minimum Gasteiger partial charge on any atom is -0.490 e. The Hall–Kier alpha value is -1.79. The molecule has 0 radical (unpaired) electrons. The number of sulfone groups is 2. The Kier molecular flexibility index (Phi) is 7.78. The maximum Gasteiger partial charge on any atom is 0.189 e. The zero-order valence-corrected chi connectivity index (χ0v) is 23.1. The summed E-state index contributed by atoms with van der Waals surface area (Å²) in [6.45, 7) is -0.00137. The van der Waals surface area contributed by atoms with E-state index >= 15 is 4.39 Å². The third-order valence-corrected chi connectivity index (χ3v) is 12.5. The lowest BCUT2D eigenvalue weighted by molar-refractivity contribution is -0.0732. The maximum absolute atomic E-state index is 15.4. The van der Waals surface area contributed by atoms with E-state index in [0.717, 1.165) is 31.4 Å². The van der Waals surface area contributed by atoms with Crippen molar-refractivity contribution in [2.24, 2.45) is 5.92 Å². The highest BCUT2D eigenvalue weighted by molar-refractivity contribution is 7.92. The quantitative estimate of drug-likeness (QED) is 0.471. The number of rotatable bonds is 9. The average molecular weight is 590 g/mol. The van der Waals surface area contributed by atoms with Gasteiger partial charge in [0.1, 0.15) is 10.6 Å². The average Bonchev–Trinajstić information content (AvgIpc) is 2.86. The molecule has 0 amide bonds. The smallest absolute Gasteiger partial charge is 0.189 e. The van der Waals surface area contributed by atoms with Gasteiger partial charge in [0.2, 0.25) is 0 Å². The van der Waals surface area contributed by atoms with E-state index in [-0.39, 0.29) is 48.0 Å². The van der Waals surface area contributed by atoms with Gasteiger partial charge in [0, 0.05) is 30.1 Å². The molecule has 0 unspecified atom stereocenters. The number of nitrogens with one attached hydrogen (secondary N) is 1. The van der Waals surface area contributed by atoms with Crippen LogP contribution in [0.3, 0.4) is 0 Å². The molecule has 1 N–H and O–H groups in total. The molecule has 5 rings (SSSR count). The lowest BCUT2D eigenvalue weighted by atomic mass is 9.75. The number of hydrogen-bond acceptors (Lipinski definition) is 7. The van der Waals surface area contributed by atoms with E-state index in [0.29, 0.717) is 17.6 Å². The summed E-state index contributed by atoms with van der Waals surface area (Å²) in [5.41, 5.74) is -0.371. The van der Waals surface area contributed by atoms with Crippen LogP contribution in [0.15, 0.2) is 41.3 Å². The molecule has 2 heterocycles. The Labute approximate surface area is 226 Å². The number of halogens is 3. The molecule has 1 aliphatic carbocycles. The van der Waals surface area contributed by atoms with Gasteiger partial charge in [-0.25, -0.2) is 25.6 Å².